The molecule has 0 spiro atoms. The zero-order chi connectivity index (χ0) is 19.0. The summed E-state index contributed by atoms with van der Waals surface area (Å²) in [6, 6.07) is 16.0. The van der Waals surface area contributed by atoms with E-state index < -0.39 is 0 Å². The summed E-state index contributed by atoms with van der Waals surface area (Å²) in [6.07, 6.45) is 1.11. The van der Waals surface area contributed by atoms with Crippen molar-refractivity contribution in [2.75, 3.05) is 26.2 Å². The van der Waals surface area contributed by atoms with Crippen LogP contribution >= 0.6 is 0 Å². The van der Waals surface area contributed by atoms with E-state index in [1.54, 1.807) is 18.2 Å². The first-order chi connectivity index (χ1) is 12.9. The molecule has 0 bridgehead atoms. The van der Waals surface area contributed by atoms with Gasteiger partial charge in [-0.25, -0.2) is 0 Å². The topological polar surface area (TPSA) is 46.9 Å². The van der Waals surface area contributed by atoms with Crippen molar-refractivity contribution >= 4 is 0 Å². The summed E-state index contributed by atoms with van der Waals surface area (Å²) in [7, 11) is 0. The minimum Gasteiger partial charge on any atom is -0.508 e. The van der Waals surface area contributed by atoms with E-state index in [0.29, 0.717) is 23.5 Å². The number of fused-ring (bicyclic) bond motifs is 1. The van der Waals surface area contributed by atoms with Crippen LogP contribution in [0.3, 0.4) is 0 Å². The molecule has 3 atom stereocenters. The third-order valence-electron chi connectivity index (χ3n) is 6.79. The Kier molecular flexibility index (Phi) is 4.87. The van der Waals surface area contributed by atoms with E-state index in [-0.39, 0.29) is 5.41 Å². The first kappa shape index (κ1) is 18.3. The molecule has 2 fully saturated rings. The van der Waals surface area contributed by atoms with E-state index in [2.05, 4.69) is 29.7 Å². The van der Waals surface area contributed by atoms with Gasteiger partial charge in [0.05, 0.1) is 0 Å². The zero-order valence-electron chi connectivity index (χ0n) is 16.3. The molecule has 0 aliphatic carbocycles. The monoisotopic (exact) mass is 366 g/mol. The van der Waals surface area contributed by atoms with Crippen molar-refractivity contribution < 1.29 is 10.2 Å². The SMILES string of the molecule is CC1CN2CCN(Cc3ccc(O)cc3)CC2C[C@@]1(C)c1cccc(O)c1. The fourth-order valence-electron chi connectivity index (χ4n) is 4.90. The Balaban J connectivity index is 1.49. The first-order valence-electron chi connectivity index (χ1n) is 9.98. The maximum atomic E-state index is 9.97. The summed E-state index contributed by atoms with van der Waals surface area (Å²) < 4.78 is 0. The molecule has 0 aromatic heterocycles. The average molecular weight is 367 g/mol. The van der Waals surface area contributed by atoms with Crippen LogP contribution in [-0.2, 0) is 12.0 Å². The van der Waals surface area contributed by atoms with Crippen molar-refractivity contribution in [2.24, 2.45) is 5.92 Å². The molecule has 2 unspecified atom stereocenters. The number of aromatic hydroxyl groups is 2. The van der Waals surface area contributed by atoms with Gasteiger partial charge in [0.25, 0.3) is 0 Å². The van der Waals surface area contributed by atoms with Crippen molar-refractivity contribution in [3.8, 4) is 11.5 Å². The molecule has 2 saturated heterocycles. The van der Waals surface area contributed by atoms with Crippen molar-refractivity contribution in [2.45, 2.75) is 38.3 Å². The van der Waals surface area contributed by atoms with Crippen molar-refractivity contribution in [3.05, 3.63) is 59.7 Å². The third kappa shape index (κ3) is 3.69. The molecule has 4 heteroatoms. The van der Waals surface area contributed by atoms with E-state index >= 15 is 0 Å². The summed E-state index contributed by atoms with van der Waals surface area (Å²) in [5, 5.41) is 19.5. The van der Waals surface area contributed by atoms with Gasteiger partial charge in [-0.1, -0.05) is 38.1 Å². The Morgan fingerprint density at radius 1 is 1.00 bits per heavy atom. The number of rotatable bonds is 3. The molecular weight excluding hydrogens is 336 g/mol. The Morgan fingerprint density at radius 3 is 2.52 bits per heavy atom. The van der Waals surface area contributed by atoms with Gasteiger partial charge in [0, 0.05) is 38.8 Å². The van der Waals surface area contributed by atoms with Gasteiger partial charge in [-0.3, -0.25) is 9.80 Å². The van der Waals surface area contributed by atoms with Crippen LogP contribution in [0.1, 0.15) is 31.4 Å². The normalized spacial score (nSPS) is 29.4. The summed E-state index contributed by atoms with van der Waals surface area (Å²) in [4.78, 5) is 5.19. The Morgan fingerprint density at radius 2 is 1.78 bits per heavy atom. The molecule has 2 aliphatic rings. The van der Waals surface area contributed by atoms with Gasteiger partial charge in [-0.2, -0.15) is 0 Å². The fraction of sp³-hybridized carbons (Fsp3) is 0.478. The number of phenolic OH excluding ortho intramolecular Hbond substituents is 2. The summed E-state index contributed by atoms with van der Waals surface area (Å²) >= 11 is 0. The number of hydrogen-bond acceptors (Lipinski definition) is 4. The molecule has 2 N–H and O–H groups in total. The predicted octanol–water partition coefficient (Wildman–Crippen LogP) is 3.58. The van der Waals surface area contributed by atoms with Crippen LogP contribution in [0.4, 0.5) is 0 Å². The highest BCUT2D eigenvalue weighted by molar-refractivity contribution is 5.34. The second-order valence-electron chi connectivity index (χ2n) is 8.62. The summed E-state index contributed by atoms with van der Waals surface area (Å²) in [5.74, 6) is 1.24. The van der Waals surface area contributed by atoms with Gasteiger partial charge in [-0.15, -0.1) is 0 Å². The molecule has 2 aliphatic heterocycles. The van der Waals surface area contributed by atoms with E-state index in [4.69, 9.17) is 0 Å². The van der Waals surface area contributed by atoms with Crippen LogP contribution in [0, 0.1) is 5.92 Å². The number of phenols is 2. The number of benzene rings is 2. The third-order valence-corrected chi connectivity index (χ3v) is 6.79. The van der Waals surface area contributed by atoms with Gasteiger partial charge in [-0.05, 0) is 53.1 Å². The number of hydrogen-bond donors (Lipinski definition) is 2. The van der Waals surface area contributed by atoms with Crippen LogP contribution in [-0.4, -0.2) is 52.2 Å². The van der Waals surface area contributed by atoms with Crippen LogP contribution in [0.2, 0.25) is 0 Å². The van der Waals surface area contributed by atoms with Crippen LogP contribution in [0.15, 0.2) is 48.5 Å². The van der Waals surface area contributed by atoms with E-state index in [0.717, 1.165) is 39.1 Å². The highest BCUT2D eigenvalue weighted by Gasteiger charge is 2.44. The first-order valence-corrected chi connectivity index (χ1v) is 9.98. The predicted molar refractivity (Wildman–Crippen MR) is 108 cm³/mol. The van der Waals surface area contributed by atoms with Crippen molar-refractivity contribution in [3.63, 3.8) is 0 Å². The molecule has 0 radical (unpaired) electrons. The van der Waals surface area contributed by atoms with Gasteiger partial charge < -0.3 is 10.2 Å². The van der Waals surface area contributed by atoms with Crippen LogP contribution in [0.5, 0.6) is 11.5 Å². The van der Waals surface area contributed by atoms with Crippen molar-refractivity contribution in [1.29, 1.82) is 0 Å². The lowest BCUT2D eigenvalue weighted by Gasteiger charge is -2.53. The van der Waals surface area contributed by atoms with Gasteiger partial charge in [0.1, 0.15) is 11.5 Å². The smallest absolute Gasteiger partial charge is 0.115 e. The molecule has 0 saturated carbocycles. The Bertz CT molecular complexity index is 791. The zero-order valence-corrected chi connectivity index (χ0v) is 16.3. The minimum absolute atomic E-state index is 0.0848. The second-order valence-corrected chi connectivity index (χ2v) is 8.62. The molecule has 2 aromatic rings. The number of piperidine rings is 1. The second kappa shape index (κ2) is 7.17. The van der Waals surface area contributed by atoms with E-state index in [1.807, 2.05) is 24.3 Å². The maximum absolute atomic E-state index is 9.97. The molecule has 4 rings (SSSR count). The lowest BCUT2D eigenvalue weighted by atomic mass is 9.65. The lowest BCUT2D eigenvalue weighted by Crippen LogP contribution is -2.60. The van der Waals surface area contributed by atoms with Gasteiger partial charge in [0.2, 0.25) is 0 Å². The van der Waals surface area contributed by atoms with Crippen LogP contribution < -0.4 is 0 Å². The fourth-order valence-corrected chi connectivity index (χ4v) is 4.90. The molecule has 4 nitrogen and oxygen atoms in total. The van der Waals surface area contributed by atoms with E-state index in [1.165, 1.54) is 11.1 Å². The summed E-state index contributed by atoms with van der Waals surface area (Å²) in [6.45, 7) is 10.0. The van der Waals surface area contributed by atoms with Gasteiger partial charge >= 0.3 is 0 Å². The Hall–Kier alpha value is -2.04. The largest absolute Gasteiger partial charge is 0.508 e. The quantitative estimate of drug-likeness (QED) is 0.872. The number of nitrogens with zero attached hydrogens (tertiary/aromatic N) is 2. The molecule has 144 valence electrons. The molecular formula is C23H30N2O2. The van der Waals surface area contributed by atoms with Crippen LogP contribution in [0.25, 0.3) is 0 Å². The molecule has 27 heavy (non-hydrogen) atoms. The molecule has 2 heterocycles. The maximum Gasteiger partial charge on any atom is 0.115 e. The number of piperazine rings is 1. The van der Waals surface area contributed by atoms with Crippen molar-refractivity contribution in [1.82, 2.24) is 9.80 Å². The lowest BCUT2D eigenvalue weighted by molar-refractivity contribution is -0.00558. The standard InChI is InChI=1S/C23H30N2O2/c1-17-14-25-11-10-24(15-18-6-8-21(26)9-7-18)16-20(25)13-23(17,2)19-4-3-5-22(27)12-19/h3-9,12,17,20,26-27H,10-11,13-16H2,1-2H3/t17?,20?,23-/m1/s1. The molecule has 2 aromatic carbocycles. The Labute approximate surface area is 162 Å². The molecule has 0 amide bonds. The summed E-state index contributed by atoms with van der Waals surface area (Å²) in [5.41, 5.74) is 2.59. The van der Waals surface area contributed by atoms with Gasteiger partial charge in [0.15, 0.2) is 0 Å². The van der Waals surface area contributed by atoms with E-state index in [9.17, 15) is 10.2 Å². The minimum atomic E-state index is 0.0848. The highest BCUT2D eigenvalue weighted by Crippen LogP contribution is 2.43. The average Bonchev–Trinajstić information content (AvgIpc) is 2.65. The highest BCUT2D eigenvalue weighted by atomic mass is 16.3.